The topological polar surface area (TPSA) is 213 Å². The number of aromatic nitrogens is 4. The molecule has 0 saturated carbocycles. The summed E-state index contributed by atoms with van der Waals surface area (Å²) in [4.78, 5) is 8.00. The van der Waals surface area contributed by atoms with E-state index in [-0.39, 0.29) is 16.7 Å². The molecule has 0 fully saturated rings. The number of hydrogen-bond donors (Lipinski definition) is 4. The van der Waals surface area contributed by atoms with Crippen LogP contribution in [-0.2, 0) is 16.4 Å². The SMILES string of the molecule is COc1cc(Cc2cnc(N)nc2N)cc(OC)c1OC.COc1ccc(NS(=O)(=O)c2ccc(N)cc2)nn1. The van der Waals surface area contributed by atoms with Gasteiger partial charge in [-0.2, -0.15) is 4.98 Å². The molecule has 2 aromatic carbocycles. The lowest BCUT2D eigenvalue weighted by Crippen LogP contribution is -2.14. The molecule has 0 aliphatic rings. The van der Waals surface area contributed by atoms with E-state index in [1.807, 2.05) is 12.1 Å². The van der Waals surface area contributed by atoms with Crippen molar-refractivity contribution < 1.29 is 27.4 Å². The minimum Gasteiger partial charge on any atom is -0.493 e. The average molecular weight is 571 g/mol. The van der Waals surface area contributed by atoms with Gasteiger partial charge in [-0.3, -0.25) is 4.72 Å². The Balaban J connectivity index is 0.000000222. The van der Waals surface area contributed by atoms with E-state index < -0.39 is 10.0 Å². The first kappa shape index (κ1) is 29.5. The number of nitrogens with two attached hydrogens (primary N) is 3. The number of methoxy groups -OCH3 is 4. The Morgan fingerprint density at radius 1 is 0.825 bits per heavy atom. The average Bonchev–Trinajstić information content (AvgIpc) is 2.94. The monoisotopic (exact) mass is 570 g/mol. The summed E-state index contributed by atoms with van der Waals surface area (Å²) < 4.78 is 47.1. The van der Waals surface area contributed by atoms with Crippen molar-refractivity contribution in [2.75, 3.05) is 50.4 Å². The van der Waals surface area contributed by atoms with Gasteiger partial charge in [-0.1, -0.05) is 0 Å². The van der Waals surface area contributed by atoms with E-state index in [2.05, 4.69) is 24.9 Å². The quantitative estimate of drug-likeness (QED) is 0.213. The van der Waals surface area contributed by atoms with Gasteiger partial charge in [-0.25, -0.2) is 13.4 Å². The van der Waals surface area contributed by atoms with Crippen molar-refractivity contribution >= 4 is 33.3 Å². The van der Waals surface area contributed by atoms with Gasteiger partial charge in [0.1, 0.15) is 5.82 Å². The van der Waals surface area contributed by atoms with E-state index >= 15 is 0 Å². The fourth-order valence-corrected chi connectivity index (χ4v) is 4.35. The summed E-state index contributed by atoms with van der Waals surface area (Å²) >= 11 is 0. The number of nitrogen functional groups attached to an aromatic ring is 3. The first-order valence-electron chi connectivity index (χ1n) is 11.5. The zero-order valence-corrected chi connectivity index (χ0v) is 23.1. The third-order valence-corrected chi connectivity index (χ3v) is 6.68. The first-order chi connectivity index (χ1) is 19.1. The number of nitrogens with one attached hydrogen (secondary N) is 1. The Hall–Kier alpha value is -5.05. The van der Waals surface area contributed by atoms with Gasteiger partial charge < -0.3 is 36.1 Å². The lowest BCUT2D eigenvalue weighted by molar-refractivity contribution is 0.324. The highest BCUT2D eigenvalue weighted by molar-refractivity contribution is 7.92. The van der Waals surface area contributed by atoms with Gasteiger partial charge in [0.2, 0.25) is 17.6 Å². The van der Waals surface area contributed by atoms with Gasteiger partial charge >= 0.3 is 0 Å². The van der Waals surface area contributed by atoms with Gasteiger partial charge in [-0.05, 0) is 48.0 Å². The van der Waals surface area contributed by atoms with E-state index in [4.69, 9.17) is 36.1 Å². The fourth-order valence-electron chi connectivity index (χ4n) is 3.35. The molecule has 40 heavy (non-hydrogen) atoms. The molecule has 212 valence electrons. The van der Waals surface area contributed by atoms with Crippen LogP contribution in [0, 0.1) is 0 Å². The van der Waals surface area contributed by atoms with Crippen LogP contribution in [0.2, 0.25) is 0 Å². The number of sulfonamides is 1. The predicted molar refractivity (Wildman–Crippen MR) is 150 cm³/mol. The van der Waals surface area contributed by atoms with Crippen LogP contribution in [0.15, 0.2) is 59.6 Å². The molecular formula is C25H30N8O6S. The Labute approximate surface area is 231 Å². The predicted octanol–water partition coefficient (Wildman–Crippen LogP) is 2.13. The molecule has 7 N–H and O–H groups in total. The van der Waals surface area contributed by atoms with Crippen LogP contribution >= 0.6 is 0 Å². The normalized spacial score (nSPS) is 10.6. The van der Waals surface area contributed by atoms with Gasteiger partial charge in [0.15, 0.2) is 17.3 Å². The summed E-state index contributed by atoms with van der Waals surface area (Å²) in [5.74, 6) is 2.64. The van der Waals surface area contributed by atoms with E-state index in [1.54, 1.807) is 27.5 Å². The van der Waals surface area contributed by atoms with Gasteiger partial charge in [0.25, 0.3) is 10.0 Å². The molecule has 15 heteroatoms. The van der Waals surface area contributed by atoms with Crippen molar-refractivity contribution in [3.8, 4) is 23.1 Å². The number of ether oxygens (including phenoxy) is 4. The molecule has 4 rings (SSSR count). The zero-order chi connectivity index (χ0) is 29.3. The van der Waals surface area contributed by atoms with Crippen LogP contribution in [0.3, 0.4) is 0 Å². The molecule has 0 aliphatic carbocycles. The van der Waals surface area contributed by atoms with Crippen LogP contribution in [0.4, 0.5) is 23.3 Å². The van der Waals surface area contributed by atoms with Crippen LogP contribution in [-0.4, -0.2) is 57.0 Å². The maximum Gasteiger partial charge on any atom is 0.263 e. The molecule has 0 aliphatic heterocycles. The van der Waals surface area contributed by atoms with Gasteiger partial charge in [0.05, 0.1) is 33.3 Å². The molecule has 0 unspecified atom stereocenters. The lowest BCUT2D eigenvalue weighted by atomic mass is 10.1. The highest BCUT2D eigenvalue weighted by atomic mass is 32.2. The lowest BCUT2D eigenvalue weighted by Gasteiger charge is -2.14. The van der Waals surface area contributed by atoms with Gasteiger partial charge in [0, 0.05) is 29.9 Å². The van der Waals surface area contributed by atoms with E-state index in [9.17, 15) is 8.42 Å². The molecular weight excluding hydrogens is 540 g/mol. The second kappa shape index (κ2) is 13.1. The van der Waals surface area contributed by atoms with Crippen molar-refractivity contribution in [3.05, 3.63) is 65.9 Å². The second-order valence-electron chi connectivity index (χ2n) is 7.98. The van der Waals surface area contributed by atoms with Crippen molar-refractivity contribution in [2.45, 2.75) is 11.3 Å². The highest BCUT2D eigenvalue weighted by Gasteiger charge is 2.16. The van der Waals surface area contributed by atoms with E-state index in [0.29, 0.717) is 41.1 Å². The molecule has 0 amide bonds. The Bertz CT molecular complexity index is 1510. The van der Waals surface area contributed by atoms with Crippen LogP contribution < -0.4 is 40.9 Å². The molecule has 2 aromatic heterocycles. The maximum atomic E-state index is 12.0. The largest absolute Gasteiger partial charge is 0.493 e. The number of anilines is 4. The molecule has 0 saturated heterocycles. The minimum absolute atomic E-state index is 0.0966. The van der Waals surface area contributed by atoms with Gasteiger partial charge in [-0.15, -0.1) is 10.2 Å². The van der Waals surface area contributed by atoms with E-state index in [0.717, 1.165) is 11.1 Å². The Kier molecular flexibility index (Phi) is 9.70. The van der Waals surface area contributed by atoms with Crippen molar-refractivity contribution in [1.82, 2.24) is 20.2 Å². The second-order valence-corrected chi connectivity index (χ2v) is 9.67. The number of benzene rings is 2. The minimum atomic E-state index is -3.70. The number of nitrogens with zero attached hydrogens (tertiary/aromatic N) is 4. The zero-order valence-electron chi connectivity index (χ0n) is 22.3. The van der Waals surface area contributed by atoms with Crippen molar-refractivity contribution in [2.24, 2.45) is 0 Å². The maximum absolute atomic E-state index is 12.0. The summed E-state index contributed by atoms with van der Waals surface area (Å²) in [5.41, 5.74) is 19.0. The molecule has 14 nitrogen and oxygen atoms in total. The van der Waals surface area contributed by atoms with Crippen LogP contribution in [0.1, 0.15) is 11.1 Å². The van der Waals surface area contributed by atoms with Crippen molar-refractivity contribution in [1.29, 1.82) is 0 Å². The van der Waals surface area contributed by atoms with E-state index in [1.165, 1.54) is 43.5 Å². The first-order valence-corrected chi connectivity index (χ1v) is 13.0. The molecule has 4 aromatic rings. The number of hydrogen-bond acceptors (Lipinski definition) is 13. The van der Waals surface area contributed by atoms with Crippen LogP contribution in [0.25, 0.3) is 0 Å². The Morgan fingerprint density at radius 3 is 1.98 bits per heavy atom. The molecule has 0 atom stereocenters. The number of rotatable bonds is 9. The summed E-state index contributed by atoms with van der Waals surface area (Å²) in [6, 6.07) is 12.5. The fraction of sp³-hybridized carbons (Fsp3) is 0.200. The highest BCUT2D eigenvalue weighted by Crippen LogP contribution is 2.38. The third-order valence-electron chi connectivity index (χ3n) is 5.31. The molecule has 0 spiro atoms. The molecule has 0 radical (unpaired) electrons. The standard InChI is InChI=1S/C14H18N4O3.C11H12N4O3S/c1-19-10-5-8(6-11(20-2)12(10)21-3)4-9-7-17-14(16)18-13(9)15;1-18-11-7-6-10(13-14-11)15-19(16,17)9-4-2-8(12)3-5-9/h5-7H,4H2,1-3H3,(H4,15,16,17,18);2-7H,12H2,1H3,(H,13,15). The van der Waals surface area contributed by atoms with Crippen molar-refractivity contribution in [3.63, 3.8) is 0 Å². The summed E-state index contributed by atoms with van der Waals surface area (Å²) in [6.07, 6.45) is 2.14. The molecule has 0 bridgehead atoms. The smallest absolute Gasteiger partial charge is 0.263 e. The van der Waals surface area contributed by atoms with Crippen LogP contribution in [0.5, 0.6) is 23.1 Å². The third kappa shape index (κ3) is 7.50. The summed E-state index contributed by atoms with van der Waals surface area (Å²) in [7, 11) is 2.45. The summed E-state index contributed by atoms with van der Waals surface area (Å²) in [6.45, 7) is 0. The summed E-state index contributed by atoms with van der Waals surface area (Å²) in [5, 5.41) is 7.36. The Morgan fingerprint density at radius 2 is 1.48 bits per heavy atom. The molecule has 2 heterocycles.